The lowest BCUT2D eigenvalue weighted by molar-refractivity contribution is 0.101. The van der Waals surface area contributed by atoms with Crippen LogP contribution in [-0.2, 0) is 0 Å². The van der Waals surface area contributed by atoms with Crippen molar-refractivity contribution in [2.45, 2.75) is 6.92 Å². The van der Waals surface area contributed by atoms with Crippen LogP contribution in [0.2, 0.25) is 0 Å². The number of carbonyl (C=O) groups excluding carboxylic acids is 1. The van der Waals surface area contributed by atoms with Crippen molar-refractivity contribution in [1.29, 1.82) is 0 Å². The first kappa shape index (κ1) is 12.0. The van der Waals surface area contributed by atoms with Gasteiger partial charge in [-0.1, -0.05) is 42.5 Å². The van der Waals surface area contributed by atoms with Crippen LogP contribution in [0.15, 0.2) is 60.7 Å². The lowest BCUT2D eigenvalue weighted by atomic mass is 10.0. The Bertz CT molecular complexity index is 1020. The van der Waals surface area contributed by atoms with Gasteiger partial charge in [-0.05, 0) is 30.5 Å². The largest absolute Gasteiger partial charge is 0.295 e. The third-order valence-corrected chi connectivity index (χ3v) is 3.91. The second-order valence-electron chi connectivity index (χ2n) is 5.31. The second-order valence-corrected chi connectivity index (χ2v) is 5.31. The van der Waals surface area contributed by atoms with Gasteiger partial charge in [0.05, 0.1) is 11.0 Å². The monoisotopic (exact) mass is 271 g/mol. The molecule has 0 saturated heterocycles. The number of hydrogen-bond donors (Lipinski definition) is 0. The van der Waals surface area contributed by atoms with E-state index in [9.17, 15) is 4.79 Å². The van der Waals surface area contributed by atoms with E-state index in [2.05, 4.69) is 24.3 Å². The number of aromatic nitrogens is 1. The molecule has 0 radical (unpaired) electrons. The van der Waals surface area contributed by atoms with E-state index in [0.717, 1.165) is 38.1 Å². The van der Waals surface area contributed by atoms with Crippen molar-refractivity contribution in [3.8, 4) is 0 Å². The van der Waals surface area contributed by atoms with Crippen molar-refractivity contribution < 1.29 is 4.79 Å². The lowest BCUT2D eigenvalue weighted by Crippen LogP contribution is -1.92. The van der Waals surface area contributed by atoms with Gasteiger partial charge in [0.2, 0.25) is 0 Å². The fraction of sp³-hybridized carbons (Fsp3) is 0.0526. The van der Waals surface area contributed by atoms with Crippen LogP contribution < -0.4 is 0 Å². The number of benzene rings is 3. The van der Waals surface area contributed by atoms with E-state index in [0.29, 0.717) is 0 Å². The van der Waals surface area contributed by atoms with Crippen molar-refractivity contribution in [2.75, 3.05) is 0 Å². The highest BCUT2D eigenvalue weighted by molar-refractivity contribution is 6.10. The molecule has 1 aromatic heterocycles. The van der Waals surface area contributed by atoms with Crippen LogP contribution in [0.5, 0.6) is 0 Å². The summed E-state index contributed by atoms with van der Waals surface area (Å²) in [5.74, 6) is 0.0784. The van der Waals surface area contributed by atoms with E-state index in [1.54, 1.807) is 6.92 Å². The van der Waals surface area contributed by atoms with E-state index in [1.807, 2.05) is 36.4 Å². The first-order valence-corrected chi connectivity index (χ1v) is 6.95. The van der Waals surface area contributed by atoms with E-state index >= 15 is 0 Å². The molecule has 0 aliphatic carbocycles. The van der Waals surface area contributed by atoms with E-state index in [1.165, 1.54) is 0 Å². The number of rotatable bonds is 1. The van der Waals surface area contributed by atoms with Crippen molar-refractivity contribution in [1.82, 2.24) is 4.98 Å². The van der Waals surface area contributed by atoms with Gasteiger partial charge in [-0.2, -0.15) is 0 Å². The highest BCUT2D eigenvalue weighted by Gasteiger charge is 2.07. The topological polar surface area (TPSA) is 30.0 Å². The maximum absolute atomic E-state index is 11.6. The first-order chi connectivity index (χ1) is 10.2. The predicted molar refractivity (Wildman–Crippen MR) is 86.8 cm³/mol. The average Bonchev–Trinajstić information content (AvgIpc) is 2.52. The zero-order valence-electron chi connectivity index (χ0n) is 11.6. The summed E-state index contributed by atoms with van der Waals surface area (Å²) in [6.45, 7) is 1.59. The maximum Gasteiger partial charge on any atom is 0.159 e. The molecule has 0 aliphatic heterocycles. The summed E-state index contributed by atoms with van der Waals surface area (Å²) < 4.78 is 0. The van der Waals surface area contributed by atoms with Crippen molar-refractivity contribution in [3.05, 3.63) is 66.2 Å². The van der Waals surface area contributed by atoms with Crippen molar-refractivity contribution >= 4 is 38.4 Å². The van der Waals surface area contributed by atoms with Gasteiger partial charge in [-0.15, -0.1) is 0 Å². The summed E-state index contributed by atoms with van der Waals surface area (Å²) >= 11 is 0. The van der Waals surface area contributed by atoms with E-state index < -0.39 is 0 Å². The number of pyridine rings is 1. The van der Waals surface area contributed by atoms with Gasteiger partial charge < -0.3 is 0 Å². The molecule has 0 amide bonds. The molecule has 0 atom stereocenters. The minimum atomic E-state index is 0.0784. The average molecular weight is 271 g/mol. The second kappa shape index (κ2) is 4.38. The summed E-state index contributed by atoms with van der Waals surface area (Å²) in [6.07, 6.45) is 0. The third-order valence-electron chi connectivity index (χ3n) is 3.91. The SMILES string of the molecule is CC(=O)c1ccc2ccc3cc4ccccc4nc3c2c1. The molecule has 0 saturated carbocycles. The maximum atomic E-state index is 11.6. The number of para-hydroxylation sites is 1. The van der Waals surface area contributed by atoms with Gasteiger partial charge in [0.1, 0.15) is 0 Å². The zero-order valence-corrected chi connectivity index (χ0v) is 11.6. The van der Waals surface area contributed by atoms with Crippen LogP contribution in [0, 0.1) is 0 Å². The lowest BCUT2D eigenvalue weighted by Gasteiger charge is -2.06. The smallest absolute Gasteiger partial charge is 0.159 e. The molecule has 0 fully saturated rings. The highest BCUT2D eigenvalue weighted by Crippen LogP contribution is 2.27. The zero-order chi connectivity index (χ0) is 14.4. The van der Waals surface area contributed by atoms with Crippen molar-refractivity contribution in [3.63, 3.8) is 0 Å². The minimum Gasteiger partial charge on any atom is -0.295 e. The molecule has 0 unspecified atom stereocenters. The number of nitrogens with zero attached hydrogens (tertiary/aromatic N) is 1. The van der Waals surface area contributed by atoms with Gasteiger partial charge in [0, 0.05) is 21.7 Å². The van der Waals surface area contributed by atoms with E-state index in [-0.39, 0.29) is 5.78 Å². The molecule has 4 aromatic rings. The molecular weight excluding hydrogens is 258 g/mol. The Labute approximate surface area is 122 Å². The van der Waals surface area contributed by atoms with Crippen molar-refractivity contribution in [2.24, 2.45) is 0 Å². The molecule has 1 heterocycles. The first-order valence-electron chi connectivity index (χ1n) is 6.95. The normalized spacial score (nSPS) is 11.3. The fourth-order valence-electron chi connectivity index (χ4n) is 2.78. The summed E-state index contributed by atoms with van der Waals surface area (Å²) in [6, 6.07) is 20.2. The molecule has 2 nitrogen and oxygen atoms in total. The third kappa shape index (κ3) is 1.88. The fourth-order valence-corrected chi connectivity index (χ4v) is 2.78. The number of fused-ring (bicyclic) bond motifs is 4. The molecule has 0 bridgehead atoms. The van der Waals surface area contributed by atoms with Gasteiger partial charge in [0.25, 0.3) is 0 Å². The summed E-state index contributed by atoms with van der Waals surface area (Å²) in [4.78, 5) is 16.4. The summed E-state index contributed by atoms with van der Waals surface area (Å²) in [7, 11) is 0. The van der Waals surface area contributed by atoms with Gasteiger partial charge in [-0.3, -0.25) is 4.79 Å². The van der Waals surface area contributed by atoms with Crippen LogP contribution >= 0.6 is 0 Å². The number of ketones is 1. The molecule has 2 heteroatoms. The van der Waals surface area contributed by atoms with Gasteiger partial charge in [0.15, 0.2) is 5.78 Å². The molecule has 0 N–H and O–H groups in total. The molecule has 4 rings (SSSR count). The van der Waals surface area contributed by atoms with Crippen LogP contribution in [0.3, 0.4) is 0 Å². The Morgan fingerprint density at radius 2 is 1.62 bits per heavy atom. The van der Waals surface area contributed by atoms with Crippen LogP contribution in [0.1, 0.15) is 17.3 Å². The Morgan fingerprint density at radius 3 is 2.48 bits per heavy atom. The number of carbonyl (C=O) groups is 1. The molecule has 21 heavy (non-hydrogen) atoms. The standard InChI is InChI=1S/C19H13NO/c1-12(21)14-8-6-13-7-9-16-10-15-4-2-3-5-18(15)20-19(16)17(13)11-14/h2-11H,1H3. The summed E-state index contributed by atoms with van der Waals surface area (Å²) in [5, 5.41) is 4.37. The molecule has 0 aliphatic rings. The number of Topliss-reactive ketones (excluding diaryl/α,β-unsaturated/α-hetero) is 1. The Hall–Kier alpha value is -2.74. The van der Waals surface area contributed by atoms with Crippen LogP contribution in [0.4, 0.5) is 0 Å². The van der Waals surface area contributed by atoms with Gasteiger partial charge >= 0.3 is 0 Å². The highest BCUT2D eigenvalue weighted by atomic mass is 16.1. The molecule has 0 spiro atoms. The Kier molecular flexibility index (Phi) is 2.51. The summed E-state index contributed by atoms with van der Waals surface area (Å²) in [5.41, 5.74) is 2.66. The molecule has 3 aromatic carbocycles. The number of hydrogen-bond acceptors (Lipinski definition) is 2. The Morgan fingerprint density at radius 1 is 0.857 bits per heavy atom. The van der Waals surface area contributed by atoms with E-state index in [4.69, 9.17) is 4.98 Å². The minimum absolute atomic E-state index is 0.0784. The van der Waals surface area contributed by atoms with Crippen LogP contribution in [-0.4, -0.2) is 10.8 Å². The van der Waals surface area contributed by atoms with Crippen LogP contribution in [0.25, 0.3) is 32.6 Å². The molecule has 100 valence electrons. The van der Waals surface area contributed by atoms with Gasteiger partial charge in [-0.25, -0.2) is 4.98 Å². The molecular formula is C19H13NO. The predicted octanol–water partition coefficient (Wildman–Crippen LogP) is 4.74. The Balaban J connectivity index is 2.17. The quantitative estimate of drug-likeness (QED) is 0.284.